The number of rotatable bonds is 7. The first kappa shape index (κ1) is 14.7. The molecule has 0 spiro atoms. The van der Waals surface area contributed by atoms with Gasteiger partial charge in [-0.05, 0) is 50.4 Å². The molecule has 1 rings (SSSR count). The normalized spacial score (nSPS) is 10.8. The molecule has 0 atom stereocenters. The molecule has 0 aliphatic rings. The third kappa shape index (κ3) is 4.14. The summed E-state index contributed by atoms with van der Waals surface area (Å²) in [7, 11) is 1.76. The largest absolute Gasteiger partial charge is 0.434 e. The first-order valence-corrected chi connectivity index (χ1v) is 6.04. The first-order chi connectivity index (χ1) is 8.58. The topological polar surface area (TPSA) is 47.3 Å². The summed E-state index contributed by atoms with van der Waals surface area (Å²) in [6, 6.07) is 3.64. The second-order valence-corrected chi connectivity index (χ2v) is 4.14. The molecule has 18 heavy (non-hydrogen) atoms. The van der Waals surface area contributed by atoms with Crippen LogP contribution in [0, 0.1) is 6.92 Å². The summed E-state index contributed by atoms with van der Waals surface area (Å²) in [6.45, 7) is -0.397. The Bertz CT molecular complexity index is 383. The molecular formula is C13H20F2N2O. The fraction of sp³-hybridized carbons (Fsp3) is 0.538. The van der Waals surface area contributed by atoms with Crippen molar-refractivity contribution in [2.75, 3.05) is 18.9 Å². The lowest BCUT2D eigenvalue weighted by Gasteiger charge is -2.14. The van der Waals surface area contributed by atoms with Crippen molar-refractivity contribution in [2.24, 2.45) is 5.73 Å². The summed E-state index contributed by atoms with van der Waals surface area (Å²) < 4.78 is 29.2. The van der Waals surface area contributed by atoms with E-state index in [2.05, 4.69) is 10.1 Å². The Morgan fingerprint density at radius 2 is 2.06 bits per heavy atom. The van der Waals surface area contributed by atoms with Gasteiger partial charge in [-0.15, -0.1) is 0 Å². The van der Waals surface area contributed by atoms with E-state index in [0.29, 0.717) is 12.1 Å². The SMILES string of the molecule is CNc1cc(CCCCN)cc(OC(F)F)c1C. The molecule has 0 heterocycles. The van der Waals surface area contributed by atoms with Crippen LogP contribution in [0.3, 0.4) is 0 Å². The molecule has 0 fully saturated rings. The molecule has 0 aliphatic carbocycles. The maximum absolute atomic E-state index is 12.3. The Labute approximate surface area is 106 Å². The molecule has 0 aliphatic heterocycles. The highest BCUT2D eigenvalue weighted by atomic mass is 19.3. The van der Waals surface area contributed by atoms with E-state index in [-0.39, 0.29) is 5.75 Å². The number of ether oxygens (including phenoxy) is 1. The highest BCUT2D eigenvalue weighted by Crippen LogP contribution is 2.29. The van der Waals surface area contributed by atoms with Crippen LogP contribution in [-0.4, -0.2) is 20.2 Å². The Hall–Kier alpha value is -1.36. The Balaban J connectivity index is 2.90. The zero-order chi connectivity index (χ0) is 13.5. The summed E-state index contributed by atoms with van der Waals surface area (Å²) in [4.78, 5) is 0. The first-order valence-electron chi connectivity index (χ1n) is 6.04. The minimum atomic E-state index is -2.80. The molecular weight excluding hydrogens is 238 g/mol. The lowest BCUT2D eigenvalue weighted by molar-refractivity contribution is -0.0502. The van der Waals surface area contributed by atoms with E-state index < -0.39 is 6.61 Å². The molecule has 3 nitrogen and oxygen atoms in total. The molecule has 0 radical (unpaired) electrons. The van der Waals surface area contributed by atoms with E-state index >= 15 is 0 Å². The van der Waals surface area contributed by atoms with Crippen molar-refractivity contribution in [2.45, 2.75) is 32.8 Å². The van der Waals surface area contributed by atoms with Crippen molar-refractivity contribution in [1.82, 2.24) is 0 Å². The highest BCUT2D eigenvalue weighted by molar-refractivity contribution is 5.58. The van der Waals surface area contributed by atoms with Crippen LogP contribution in [0.4, 0.5) is 14.5 Å². The molecule has 0 unspecified atom stereocenters. The summed E-state index contributed by atoms with van der Waals surface area (Å²) in [5.41, 5.74) is 7.92. The maximum Gasteiger partial charge on any atom is 0.387 e. The van der Waals surface area contributed by atoms with Gasteiger partial charge >= 0.3 is 6.61 Å². The van der Waals surface area contributed by atoms with Crippen molar-refractivity contribution < 1.29 is 13.5 Å². The molecule has 5 heteroatoms. The molecule has 102 valence electrons. The average molecular weight is 258 g/mol. The van der Waals surface area contributed by atoms with E-state index in [9.17, 15) is 8.78 Å². The maximum atomic E-state index is 12.3. The lowest BCUT2D eigenvalue weighted by Crippen LogP contribution is -2.06. The van der Waals surface area contributed by atoms with Crippen LogP contribution in [0.2, 0.25) is 0 Å². The smallest absolute Gasteiger partial charge is 0.387 e. The zero-order valence-corrected chi connectivity index (χ0v) is 10.8. The Morgan fingerprint density at radius 3 is 2.61 bits per heavy atom. The van der Waals surface area contributed by atoms with Crippen molar-refractivity contribution >= 4 is 5.69 Å². The standard InChI is InChI=1S/C13H20F2N2O/c1-9-11(17-2)7-10(5-3-4-6-16)8-12(9)18-13(14)15/h7-8,13,17H,3-6,16H2,1-2H3. The van der Waals surface area contributed by atoms with Gasteiger partial charge in [0.1, 0.15) is 5.75 Å². The van der Waals surface area contributed by atoms with Gasteiger partial charge in [0.05, 0.1) is 0 Å². The van der Waals surface area contributed by atoms with Crippen LogP contribution < -0.4 is 15.8 Å². The summed E-state index contributed by atoms with van der Waals surface area (Å²) in [5.74, 6) is 0.236. The van der Waals surface area contributed by atoms with Crippen molar-refractivity contribution in [3.8, 4) is 5.75 Å². The third-order valence-corrected chi connectivity index (χ3v) is 2.82. The van der Waals surface area contributed by atoms with E-state index in [0.717, 1.165) is 30.5 Å². The van der Waals surface area contributed by atoms with Gasteiger partial charge in [0.15, 0.2) is 0 Å². The van der Waals surface area contributed by atoms with Gasteiger partial charge < -0.3 is 15.8 Å². The van der Waals surface area contributed by atoms with Gasteiger partial charge in [0, 0.05) is 18.3 Å². The lowest BCUT2D eigenvalue weighted by atomic mass is 10.0. The van der Waals surface area contributed by atoms with Crippen molar-refractivity contribution in [3.05, 3.63) is 23.3 Å². The van der Waals surface area contributed by atoms with Crippen LogP contribution in [0.25, 0.3) is 0 Å². The van der Waals surface area contributed by atoms with Gasteiger partial charge in [-0.3, -0.25) is 0 Å². The number of hydrogen-bond donors (Lipinski definition) is 2. The number of alkyl halides is 2. The summed E-state index contributed by atoms with van der Waals surface area (Å²) in [6.07, 6.45) is 2.68. The predicted molar refractivity (Wildman–Crippen MR) is 69.4 cm³/mol. The second kappa shape index (κ2) is 7.16. The quantitative estimate of drug-likeness (QED) is 0.739. The van der Waals surface area contributed by atoms with Crippen molar-refractivity contribution in [3.63, 3.8) is 0 Å². The van der Waals surface area contributed by atoms with Gasteiger partial charge in [0.2, 0.25) is 0 Å². The average Bonchev–Trinajstić information content (AvgIpc) is 2.32. The summed E-state index contributed by atoms with van der Waals surface area (Å²) >= 11 is 0. The minimum absolute atomic E-state index is 0.236. The Kier molecular flexibility index (Phi) is 5.85. The van der Waals surface area contributed by atoms with Gasteiger partial charge in [-0.2, -0.15) is 8.78 Å². The van der Waals surface area contributed by atoms with E-state index in [1.165, 1.54) is 0 Å². The molecule has 0 saturated carbocycles. The molecule has 0 aromatic heterocycles. The Morgan fingerprint density at radius 1 is 1.33 bits per heavy atom. The van der Waals surface area contributed by atoms with Crippen LogP contribution in [0.15, 0.2) is 12.1 Å². The van der Waals surface area contributed by atoms with Gasteiger partial charge in [-0.25, -0.2) is 0 Å². The zero-order valence-electron chi connectivity index (χ0n) is 10.8. The van der Waals surface area contributed by atoms with Crippen molar-refractivity contribution in [1.29, 1.82) is 0 Å². The van der Waals surface area contributed by atoms with Crippen LogP contribution >= 0.6 is 0 Å². The van der Waals surface area contributed by atoms with Crippen LogP contribution in [0.1, 0.15) is 24.0 Å². The fourth-order valence-electron chi connectivity index (χ4n) is 1.84. The molecule has 3 N–H and O–H groups in total. The van der Waals surface area contributed by atoms with E-state index in [1.807, 2.05) is 6.07 Å². The van der Waals surface area contributed by atoms with E-state index in [1.54, 1.807) is 20.0 Å². The number of benzene rings is 1. The highest BCUT2D eigenvalue weighted by Gasteiger charge is 2.11. The summed E-state index contributed by atoms with van der Waals surface area (Å²) in [5, 5.41) is 2.99. The van der Waals surface area contributed by atoms with E-state index in [4.69, 9.17) is 5.73 Å². The molecule has 1 aromatic carbocycles. The number of halogens is 2. The number of aryl methyl sites for hydroxylation is 1. The number of hydrogen-bond acceptors (Lipinski definition) is 3. The second-order valence-electron chi connectivity index (χ2n) is 4.14. The molecule has 1 aromatic rings. The van der Waals surface area contributed by atoms with Gasteiger partial charge in [-0.1, -0.05) is 0 Å². The monoisotopic (exact) mass is 258 g/mol. The molecule has 0 saturated heterocycles. The number of anilines is 1. The van der Waals surface area contributed by atoms with Crippen LogP contribution in [0.5, 0.6) is 5.75 Å². The predicted octanol–water partition coefficient (Wildman–Crippen LogP) is 2.92. The minimum Gasteiger partial charge on any atom is -0.434 e. The molecule has 0 amide bonds. The third-order valence-electron chi connectivity index (χ3n) is 2.82. The number of nitrogens with two attached hydrogens (primary N) is 1. The fourth-order valence-corrected chi connectivity index (χ4v) is 1.84. The molecule has 0 bridgehead atoms. The number of unbranched alkanes of at least 4 members (excludes halogenated alkanes) is 1. The van der Waals surface area contributed by atoms with Gasteiger partial charge in [0.25, 0.3) is 0 Å². The van der Waals surface area contributed by atoms with Crippen LogP contribution in [-0.2, 0) is 6.42 Å². The number of nitrogens with one attached hydrogen (secondary N) is 1.